The fraction of sp³-hybridized carbons (Fsp3) is 0.486. The molecule has 0 heterocycles. The van der Waals surface area contributed by atoms with Gasteiger partial charge in [-0.3, -0.25) is 14.4 Å². The van der Waals surface area contributed by atoms with Crippen molar-refractivity contribution in [1.82, 2.24) is 10.2 Å². The topological polar surface area (TPSA) is 95.9 Å². The minimum atomic E-state index is -0.617. The predicted molar refractivity (Wildman–Crippen MR) is 174 cm³/mol. The van der Waals surface area contributed by atoms with Crippen LogP contribution in [0.1, 0.15) is 68.9 Å². The average molecular weight is 603 g/mol. The molecule has 1 aliphatic carbocycles. The Hall–Kier alpha value is -3.71. The van der Waals surface area contributed by atoms with Crippen molar-refractivity contribution < 1.29 is 24.2 Å². The minimum Gasteiger partial charge on any atom is -0.463 e. The number of nitrogens with zero attached hydrogens (tertiary/aromatic N) is 1. The second-order valence-electron chi connectivity index (χ2n) is 11.9. The summed E-state index contributed by atoms with van der Waals surface area (Å²) in [5, 5.41) is 12.8. The molecule has 3 atom stereocenters. The van der Waals surface area contributed by atoms with Crippen LogP contribution in [0, 0.1) is 17.8 Å². The zero-order valence-electron chi connectivity index (χ0n) is 26.1. The van der Waals surface area contributed by atoms with Crippen LogP contribution in [0.2, 0.25) is 0 Å². The van der Waals surface area contributed by atoms with Gasteiger partial charge in [0.15, 0.2) is 0 Å². The number of carbonyl (C=O) groups excluding carboxylic acids is 3. The summed E-state index contributed by atoms with van der Waals surface area (Å²) in [7, 11) is 0. The first-order chi connectivity index (χ1) is 21.4. The molecule has 0 saturated heterocycles. The Balaban J connectivity index is 1.67. The monoisotopic (exact) mass is 602 g/mol. The lowest BCUT2D eigenvalue weighted by Crippen LogP contribution is -2.45. The van der Waals surface area contributed by atoms with E-state index in [1.165, 1.54) is 19.3 Å². The fourth-order valence-electron chi connectivity index (χ4n) is 6.02. The van der Waals surface area contributed by atoms with Gasteiger partial charge in [-0.25, -0.2) is 0 Å². The lowest BCUT2D eigenvalue weighted by Gasteiger charge is -2.29. The second-order valence-corrected chi connectivity index (χ2v) is 11.9. The minimum absolute atomic E-state index is 0.000885. The van der Waals surface area contributed by atoms with Gasteiger partial charge in [-0.2, -0.15) is 0 Å². The molecule has 1 saturated carbocycles. The Morgan fingerprint density at radius 1 is 0.909 bits per heavy atom. The molecule has 238 valence electrons. The molecule has 2 amide bonds. The summed E-state index contributed by atoms with van der Waals surface area (Å²) in [6.07, 6.45) is 11.3. The van der Waals surface area contributed by atoms with E-state index in [1.54, 1.807) is 17.1 Å². The van der Waals surface area contributed by atoms with Crippen molar-refractivity contribution in [3.8, 4) is 0 Å². The molecule has 3 rings (SSSR count). The Labute approximate surface area is 263 Å². The van der Waals surface area contributed by atoms with Crippen LogP contribution in [0.3, 0.4) is 0 Å². The summed E-state index contributed by atoms with van der Waals surface area (Å²) < 4.78 is 5.87. The number of aliphatic hydroxyl groups excluding tert-OH is 1. The van der Waals surface area contributed by atoms with Gasteiger partial charge in [-0.05, 0) is 42.7 Å². The molecule has 2 N–H and O–H groups in total. The van der Waals surface area contributed by atoms with Gasteiger partial charge in [0, 0.05) is 19.5 Å². The quantitative estimate of drug-likeness (QED) is 0.151. The van der Waals surface area contributed by atoms with Gasteiger partial charge in [-0.15, -0.1) is 13.2 Å². The highest BCUT2D eigenvalue weighted by Crippen LogP contribution is 2.28. The molecule has 0 bridgehead atoms. The molecule has 2 aromatic rings. The number of ether oxygens (including phenoxy) is 1. The van der Waals surface area contributed by atoms with E-state index in [0.717, 1.165) is 30.4 Å². The maximum atomic E-state index is 13.6. The summed E-state index contributed by atoms with van der Waals surface area (Å²) >= 11 is 0. The normalized spacial score (nSPS) is 15.4. The van der Waals surface area contributed by atoms with Gasteiger partial charge >= 0.3 is 5.97 Å². The van der Waals surface area contributed by atoms with Crippen LogP contribution >= 0.6 is 0 Å². The summed E-state index contributed by atoms with van der Waals surface area (Å²) in [5.41, 5.74) is 2.01. The number of carbonyl (C=O) groups is 3. The molecular weight excluding hydrogens is 552 g/mol. The molecule has 7 nitrogen and oxygen atoms in total. The van der Waals surface area contributed by atoms with E-state index in [0.29, 0.717) is 31.7 Å². The number of aliphatic hydroxyl groups is 1. The molecule has 1 fully saturated rings. The zero-order chi connectivity index (χ0) is 31.6. The molecular formula is C37H50N2O5. The molecule has 44 heavy (non-hydrogen) atoms. The van der Waals surface area contributed by atoms with Crippen molar-refractivity contribution >= 4 is 17.8 Å². The maximum Gasteiger partial charge on any atom is 0.309 e. The van der Waals surface area contributed by atoms with Crippen LogP contribution in [0.4, 0.5) is 0 Å². The fourth-order valence-corrected chi connectivity index (χ4v) is 6.02. The van der Waals surface area contributed by atoms with E-state index in [2.05, 4.69) is 18.5 Å². The number of allylic oxidation sites excluding steroid dienone is 2. The Kier molecular flexibility index (Phi) is 15.4. The van der Waals surface area contributed by atoms with Crippen molar-refractivity contribution in [1.29, 1.82) is 0 Å². The third-order valence-electron chi connectivity index (χ3n) is 8.41. The number of rotatable bonds is 19. The van der Waals surface area contributed by atoms with Crippen LogP contribution < -0.4 is 5.32 Å². The van der Waals surface area contributed by atoms with Crippen LogP contribution in [-0.2, 0) is 32.1 Å². The Bertz CT molecular complexity index is 1160. The summed E-state index contributed by atoms with van der Waals surface area (Å²) in [4.78, 5) is 41.8. The number of benzene rings is 2. The molecule has 0 spiro atoms. The van der Waals surface area contributed by atoms with E-state index in [-0.39, 0.29) is 55.9 Å². The summed E-state index contributed by atoms with van der Waals surface area (Å²) in [5.74, 6) is -1.26. The highest BCUT2D eigenvalue weighted by atomic mass is 16.5. The van der Waals surface area contributed by atoms with Crippen molar-refractivity contribution in [2.75, 3.05) is 19.8 Å². The zero-order valence-corrected chi connectivity index (χ0v) is 26.1. The van der Waals surface area contributed by atoms with Crippen LogP contribution in [0.5, 0.6) is 0 Å². The molecule has 0 radical (unpaired) electrons. The summed E-state index contributed by atoms with van der Waals surface area (Å²) in [6, 6.07) is 19.1. The van der Waals surface area contributed by atoms with Crippen molar-refractivity contribution in [3.63, 3.8) is 0 Å². The molecule has 1 aliphatic rings. The predicted octanol–water partition coefficient (Wildman–Crippen LogP) is 6.02. The van der Waals surface area contributed by atoms with Gasteiger partial charge in [-0.1, -0.05) is 105 Å². The van der Waals surface area contributed by atoms with Crippen molar-refractivity contribution in [3.05, 3.63) is 97.1 Å². The number of hydrogen-bond acceptors (Lipinski definition) is 5. The second kappa shape index (κ2) is 19.5. The molecule has 0 aliphatic heterocycles. The first kappa shape index (κ1) is 34.8. The van der Waals surface area contributed by atoms with Crippen LogP contribution in [0.15, 0.2) is 86.0 Å². The van der Waals surface area contributed by atoms with Crippen molar-refractivity contribution in [2.24, 2.45) is 17.8 Å². The molecule has 2 aromatic carbocycles. The number of esters is 1. The molecule has 0 aromatic heterocycles. The Morgan fingerprint density at radius 2 is 1.52 bits per heavy atom. The van der Waals surface area contributed by atoms with E-state index in [9.17, 15) is 19.5 Å². The van der Waals surface area contributed by atoms with Gasteiger partial charge in [0.2, 0.25) is 11.8 Å². The average Bonchev–Trinajstić information content (AvgIpc) is 3.04. The molecule has 7 heteroatoms. The van der Waals surface area contributed by atoms with E-state index in [4.69, 9.17) is 4.74 Å². The number of hydrogen-bond donors (Lipinski definition) is 2. The van der Waals surface area contributed by atoms with Gasteiger partial charge < -0.3 is 20.1 Å². The van der Waals surface area contributed by atoms with Gasteiger partial charge in [0.25, 0.3) is 0 Å². The highest BCUT2D eigenvalue weighted by Gasteiger charge is 2.29. The Morgan fingerprint density at radius 3 is 2.14 bits per heavy atom. The highest BCUT2D eigenvalue weighted by molar-refractivity contribution is 5.86. The third kappa shape index (κ3) is 12.1. The third-order valence-corrected chi connectivity index (χ3v) is 8.41. The van der Waals surface area contributed by atoms with Crippen LogP contribution in [0.25, 0.3) is 0 Å². The first-order valence-electron chi connectivity index (χ1n) is 16.1. The lowest BCUT2D eigenvalue weighted by molar-refractivity contribution is -0.150. The lowest BCUT2D eigenvalue weighted by atomic mass is 9.84. The SMILES string of the molecule is C=CCC(CC(=O)N(CCO)Cc1ccccc1)C(=O)NC(COC(=O)C(CC=C)Cc1ccccc1)CC1CCCCC1. The van der Waals surface area contributed by atoms with Crippen molar-refractivity contribution in [2.45, 2.75) is 76.8 Å². The van der Waals surface area contributed by atoms with E-state index >= 15 is 0 Å². The summed E-state index contributed by atoms with van der Waals surface area (Å²) in [6.45, 7) is 8.11. The van der Waals surface area contributed by atoms with Crippen LogP contribution in [-0.4, -0.2) is 53.6 Å². The molecule has 3 unspecified atom stereocenters. The smallest absolute Gasteiger partial charge is 0.309 e. The largest absolute Gasteiger partial charge is 0.463 e. The maximum absolute atomic E-state index is 13.6. The van der Waals surface area contributed by atoms with E-state index in [1.807, 2.05) is 60.7 Å². The van der Waals surface area contributed by atoms with Gasteiger partial charge in [0.1, 0.15) is 6.61 Å². The van der Waals surface area contributed by atoms with E-state index < -0.39 is 5.92 Å². The van der Waals surface area contributed by atoms with Gasteiger partial charge in [0.05, 0.1) is 24.5 Å². The standard InChI is InChI=1S/C37H50N2O5/c1-3-14-32(26-35(41)39(22-23-40)27-31-20-12-7-13-21-31)36(42)38-34(25-30-18-10-6-11-19-30)28-44-37(43)33(15-4-2)24-29-16-8-5-9-17-29/h3-5,7-9,12-13,16-17,20-21,30,32-34,40H,1-2,6,10-11,14-15,18-19,22-28H2,(H,38,42). The first-order valence-corrected chi connectivity index (χ1v) is 16.1. The number of nitrogens with one attached hydrogen (secondary N) is 1. The number of amides is 2.